The van der Waals surface area contributed by atoms with Crippen molar-refractivity contribution in [3.8, 4) is 0 Å². The van der Waals surface area contributed by atoms with E-state index in [-0.39, 0.29) is 0 Å². The standard InChI is InChI=1S/C12H18O/c1-2-4-11-9(3-1)5-6-10-7-8-13-12(10)11/h9-10H,1-8H2. The van der Waals surface area contributed by atoms with Crippen LogP contribution in [-0.4, -0.2) is 6.61 Å². The molecule has 0 amide bonds. The van der Waals surface area contributed by atoms with Crippen molar-refractivity contribution in [1.29, 1.82) is 0 Å². The van der Waals surface area contributed by atoms with E-state index >= 15 is 0 Å². The van der Waals surface area contributed by atoms with Gasteiger partial charge in [-0.2, -0.15) is 0 Å². The Morgan fingerprint density at radius 2 is 1.85 bits per heavy atom. The zero-order chi connectivity index (χ0) is 8.67. The lowest BCUT2D eigenvalue weighted by Crippen LogP contribution is -2.20. The Morgan fingerprint density at radius 1 is 0.923 bits per heavy atom. The number of hydrogen-bond acceptors (Lipinski definition) is 1. The zero-order valence-corrected chi connectivity index (χ0v) is 8.22. The largest absolute Gasteiger partial charge is 0.498 e. The predicted octanol–water partition coefficient (Wildman–Crippen LogP) is 3.26. The van der Waals surface area contributed by atoms with Gasteiger partial charge < -0.3 is 4.74 Å². The molecule has 72 valence electrons. The molecule has 0 bridgehead atoms. The smallest absolute Gasteiger partial charge is 0.0986 e. The normalized spacial score (nSPS) is 38.2. The minimum atomic E-state index is 0.823. The molecule has 2 unspecified atom stereocenters. The van der Waals surface area contributed by atoms with Crippen LogP contribution < -0.4 is 0 Å². The first-order valence-electron chi connectivity index (χ1n) is 5.81. The maximum atomic E-state index is 5.81. The summed E-state index contributed by atoms with van der Waals surface area (Å²) in [6.07, 6.45) is 9.80. The molecule has 0 N–H and O–H groups in total. The van der Waals surface area contributed by atoms with Crippen molar-refractivity contribution in [2.24, 2.45) is 11.8 Å². The molecule has 13 heavy (non-hydrogen) atoms. The third-order valence-electron chi connectivity index (χ3n) is 4.02. The van der Waals surface area contributed by atoms with Crippen LogP contribution in [0.1, 0.15) is 44.9 Å². The Bertz CT molecular complexity index is 242. The molecule has 0 radical (unpaired) electrons. The lowest BCUT2D eigenvalue weighted by Gasteiger charge is -2.32. The number of allylic oxidation sites excluding steroid dienone is 2. The first kappa shape index (κ1) is 7.90. The van der Waals surface area contributed by atoms with E-state index < -0.39 is 0 Å². The molecule has 1 heterocycles. The Balaban J connectivity index is 1.94. The highest BCUT2D eigenvalue weighted by Gasteiger charge is 2.34. The van der Waals surface area contributed by atoms with E-state index in [4.69, 9.17) is 4.74 Å². The third-order valence-corrected chi connectivity index (χ3v) is 4.02. The molecule has 1 nitrogen and oxygen atoms in total. The molecule has 0 spiro atoms. The van der Waals surface area contributed by atoms with Gasteiger partial charge >= 0.3 is 0 Å². The molecule has 0 aromatic carbocycles. The van der Waals surface area contributed by atoms with E-state index in [9.17, 15) is 0 Å². The summed E-state index contributed by atoms with van der Waals surface area (Å²) in [6, 6.07) is 0. The Hall–Kier alpha value is -0.460. The molecule has 1 heteroatoms. The van der Waals surface area contributed by atoms with Gasteiger partial charge in [-0.1, -0.05) is 6.42 Å². The molecule has 1 saturated heterocycles. The van der Waals surface area contributed by atoms with Gasteiger partial charge in [-0.05, 0) is 50.0 Å². The molecule has 1 saturated carbocycles. The van der Waals surface area contributed by atoms with E-state index in [1.807, 2.05) is 0 Å². The summed E-state index contributed by atoms with van der Waals surface area (Å²) in [5.41, 5.74) is 1.72. The van der Waals surface area contributed by atoms with Crippen molar-refractivity contribution >= 4 is 0 Å². The second kappa shape index (κ2) is 3.04. The molecular weight excluding hydrogens is 160 g/mol. The fourth-order valence-corrected chi connectivity index (χ4v) is 3.32. The maximum Gasteiger partial charge on any atom is 0.0986 e. The number of hydrogen-bond donors (Lipinski definition) is 0. The van der Waals surface area contributed by atoms with Crippen LogP contribution in [0.25, 0.3) is 0 Å². The highest BCUT2D eigenvalue weighted by molar-refractivity contribution is 5.21. The molecule has 2 fully saturated rings. The quantitative estimate of drug-likeness (QED) is 0.553. The van der Waals surface area contributed by atoms with E-state index in [0.717, 1.165) is 18.4 Å². The van der Waals surface area contributed by atoms with Gasteiger partial charge in [0, 0.05) is 5.92 Å². The second-order valence-electron chi connectivity index (χ2n) is 4.74. The average molecular weight is 178 g/mol. The predicted molar refractivity (Wildman–Crippen MR) is 52.3 cm³/mol. The van der Waals surface area contributed by atoms with Crippen molar-refractivity contribution in [2.45, 2.75) is 44.9 Å². The van der Waals surface area contributed by atoms with Gasteiger partial charge in [0.2, 0.25) is 0 Å². The van der Waals surface area contributed by atoms with Crippen LogP contribution >= 0.6 is 0 Å². The molecule has 3 aliphatic rings. The molecule has 2 atom stereocenters. The Morgan fingerprint density at radius 3 is 2.85 bits per heavy atom. The lowest BCUT2D eigenvalue weighted by atomic mass is 9.73. The summed E-state index contributed by atoms with van der Waals surface area (Å²) in [7, 11) is 0. The van der Waals surface area contributed by atoms with Crippen molar-refractivity contribution in [2.75, 3.05) is 6.61 Å². The third kappa shape index (κ3) is 1.20. The van der Waals surface area contributed by atoms with Gasteiger partial charge in [-0.3, -0.25) is 0 Å². The van der Waals surface area contributed by atoms with Gasteiger partial charge in [0.15, 0.2) is 0 Å². The van der Waals surface area contributed by atoms with E-state index in [0.29, 0.717) is 0 Å². The number of ether oxygens (including phenoxy) is 1. The molecule has 1 aliphatic heterocycles. The van der Waals surface area contributed by atoms with Crippen molar-refractivity contribution < 1.29 is 4.74 Å². The fraction of sp³-hybridized carbons (Fsp3) is 0.833. The minimum Gasteiger partial charge on any atom is -0.498 e. The summed E-state index contributed by atoms with van der Waals surface area (Å²) in [6.45, 7) is 0.996. The Labute approximate surface area is 80.2 Å². The van der Waals surface area contributed by atoms with Gasteiger partial charge in [-0.15, -0.1) is 0 Å². The minimum absolute atomic E-state index is 0.823. The average Bonchev–Trinajstić information content (AvgIpc) is 2.65. The first-order valence-corrected chi connectivity index (χ1v) is 5.81. The van der Waals surface area contributed by atoms with E-state index in [1.165, 1.54) is 50.7 Å². The number of rotatable bonds is 0. The van der Waals surface area contributed by atoms with Crippen molar-refractivity contribution in [3.63, 3.8) is 0 Å². The summed E-state index contributed by atoms with van der Waals surface area (Å²) in [4.78, 5) is 0. The topological polar surface area (TPSA) is 9.23 Å². The Kier molecular flexibility index (Phi) is 1.85. The van der Waals surface area contributed by atoms with Crippen molar-refractivity contribution in [1.82, 2.24) is 0 Å². The van der Waals surface area contributed by atoms with Gasteiger partial charge in [0.25, 0.3) is 0 Å². The molecular formula is C12H18O. The molecule has 0 aromatic rings. The highest BCUT2D eigenvalue weighted by Crippen LogP contribution is 2.45. The van der Waals surface area contributed by atoms with Gasteiger partial charge in [0.1, 0.15) is 0 Å². The van der Waals surface area contributed by atoms with E-state index in [2.05, 4.69) is 0 Å². The summed E-state index contributed by atoms with van der Waals surface area (Å²) in [5, 5.41) is 0. The van der Waals surface area contributed by atoms with Crippen LogP contribution in [0.2, 0.25) is 0 Å². The summed E-state index contributed by atoms with van der Waals surface area (Å²) in [5.74, 6) is 3.18. The van der Waals surface area contributed by atoms with Crippen LogP contribution in [0.15, 0.2) is 11.3 Å². The van der Waals surface area contributed by atoms with E-state index in [1.54, 1.807) is 5.57 Å². The molecule has 0 aromatic heterocycles. The van der Waals surface area contributed by atoms with Crippen LogP contribution in [0.3, 0.4) is 0 Å². The molecule has 3 rings (SSSR count). The second-order valence-corrected chi connectivity index (χ2v) is 4.74. The fourth-order valence-electron chi connectivity index (χ4n) is 3.32. The first-order chi connectivity index (χ1) is 6.45. The summed E-state index contributed by atoms with van der Waals surface area (Å²) < 4.78 is 5.81. The van der Waals surface area contributed by atoms with Gasteiger partial charge in [0.05, 0.1) is 12.4 Å². The van der Waals surface area contributed by atoms with Crippen LogP contribution in [0, 0.1) is 11.8 Å². The zero-order valence-electron chi connectivity index (χ0n) is 8.22. The highest BCUT2D eigenvalue weighted by atomic mass is 16.5. The monoisotopic (exact) mass is 178 g/mol. The van der Waals surface area contributed by atoms with Crippen LogP contribution in [0.4, 0.5) is 0 Å². The van der Waals surface area contributed by atoms with Gasteiger partial charge in [-0.25, -0.2) is 0 Å². The van der Waals surface area contributed by atoms with Crippen LogP contribution in [-0.2, 0) is 4.74 Å². The lowest BCUT2D eigenvalue weighted by molar-refractivity contribution is 0.228. The van der Waals surface area contributed by atoms with Crippen LogP contribution in [0.5, 0.6) is 0 Å². The maximum absolute atomic E-state index is 5.81. The van der Waals surface area contributed by atoms with Crippen molar-refractivity contribution in [3.05, 3.63) is 11.3 Å². The summed E-state index contributed by atoms with van der Waals surface area (Å²) >= 11 is 0. The SMILES string of the molecule is C1CCC2CCC3CCOC3=C2C1. The number of fused-ring (bicyclic) bond motifs is 2. The molecule has 2 aliphatic carbocycles.